The number of hydrogen-bond acceptors (Lipinski definition) is 5. The summed E-state index contributed by atoms with van der Waals surface area (Å²) in [4.78, 5) is 35.7. The van der Waals surface area contributed by atoms with Crippen LogP contribution in [-0.4, -0.2) is 53.4 Å². The van der Waals surface area contributed by atoms with Gasteiger partial charge in [-0.1, -0.05) is 0 Å². The van der Waals surface area contributed by atoms with Crippen molar-refractivity contribution in [3.8, 4) is 11.4 Å². The number of fused-ring (bicyclic) bond motifs is 1. The van der Waals surface area contributed by atoms with Gasteiger partial charge in [0.15, 0.2) is 0 Å². The third-order valence-corrected chi connectivity index (χ3v) is 5.53. The Hall–Kier alpha value is -3.55. The first-order valence-corrected chi connectivity index (χ1v) is 9.70. The molecule has 1 aliphatic rings. The van der Waals surface area contributed by atoms with Gasteiger partial charge in [-0.3, -0.25) is 9.78 Å². The highest BCUT2D eigenvalue weighted by Gasteiger charge is 2.27. The van der Waals surface area contributed by atoms with Crippen LogP contribution in [0.2, 0.25) is 0 Å². The van der Waals surface area contributed by atoms with Gasteiger partial charge in [-0.05, 0) is 31.0 Å². The van der Waals surface area contributed by atoms with Crippen LogP contribution in [0.4, 0.5) is 0 Å². The average Bonchev–Trinajstić information content (AvgIpc) is 3.41. The molecule has 1 aliphatic heterocycles. The predicted octanol–water partition coefficient (Wildman–Crippen LogP) is 2.77. The molecule has 8 heteroatoms. The first-order chi connectivity index (χ1) is 14.2. The number of H-pyrrole nitrogens is 1. The van der Waals surface area contributed by atoms with E-state index < -0.39 is 0 Å². The molecule has 3 aromatic heterocycles. The van der Waals surface area contributed by atoms with Gasteiger partial charge in [0.1, 0.15) is 5.69 Å². The molecular formula is C21H21N7O. The fraction of sp³-hybridized carbons (Fsp3) is 0.286. The van der Waals surface area contributed by atoms with Crippen molar-refractivity contribution in [3.63, 3.8) is 0 Å². The van der Waals surface area contributed by atoms with E-state index in [4.69, 9.17) is 4.98 Å². The Bertz CT molecular complexity index is 1180. The first kappa shape index (κ1) is 17.5. The van der Waals surface area contributed by atoms with Crippen molar-refractivity contribution < 1.29 is 4.79 Å². The number of likely N-dealkylation sites (tertiary alicyclic amines) is 1. The van der Waals surface area contributed by atoms with E-state index in [-0.39, 0.29) is 11.8 Å². The zero-order valence-corrected chi connectivity index (χ0v) is 16.1. The second-order valence-electron chi connectivity index (χ2n) is 7.44. The topological polar surface area (TPSA) is 92.6 Å². The number of aromatic amines is 1. The molecule has 146 valence electrons. The van der Waals surface area contributed by atoms with Gasteiger partial charge in [-0.15, -0.1) is 0 Å². The Morgan fingerprint density at radius 1 is 1.21 bits per heavy atom. The number of nitrogens with one attached hydrogen (secondary N) is 1. The molecule has 1 aromatic carbocycles. The van der Waals surface area contributed by atoms with E-state index in [0.29, 0.717) is 12.1 Å². The van der Waals surface area contributed by atoms with Crippen molar-refractivity contribution in [1.29, 1.82) is 0 Å². The van der Waals surface area contributed by atoms with E-state index in [0.717, 1.165) is 47.5 Å². The van der Waals surface area contributed by atoms with Gasteiger partial charge in [0.25, 0.3) is 5.91 Å². The minimum atomic E-state index is 0.0435. The van der Waals surface area contributed by atoms with Crippen molar-refractivity contribution in [2.45, 2.75) is 18.8 Å². The van der Waals surface area contributed by atoms with Crippen molar-refractivity contribution in [2.24, 2.45) is 7.05 Å². The summed E-state index contributed by atoms with van der Waals surface area (Å²) in [6.45, 7) is 1.40. The summed E-state index contributed by atoms with van der Waals surface area (Å²) in [5.41, 5.74) is 5.06. The maximum absolute atomic E-state index is 13.1. The molecule has 0 spiro atoms. The molecule has 1 amide bonds. The van der Waals surface area contributed by atoms with Crippen LogP contribution in [-0.2, 0) is 7.05 Å². The van der Waals surface area contributed by atoms with E-state index >= 15 is 0 Å². The molecule has 0 aliphatic carbocycles. The number of amides is 1. The van der Waals surface area contributed by atoms with Crippen LogP contribution in [0.5, 0.6) is 0 Å². The maximum Gasteiger partial charge on any atom is 0.253 e. The van der Waals surface area contributed by atoms with E-state index in [1.165, 1.54) is 0 Å². The number of hydrogen-bond donors (Lipinski definition) is 1. The number of aromatic nitrogens is 6. The summed E-state index contributed by atoms with van der Waals surface area (Å²) >= 11 is 0. The summed E-state index contributed by atoms with van der Waals surface area (Å²) in [6, 6.07) is 5.60. The SMILES string of the molecule is Cn1cncc1-c1cncc(C2CCCN(C(=O)c3ccc4nc[nH]c4c3)C2)n1. The van der Waals surface area contributed by atoms with Gasteiger partial charge in [-0.25, -0.2) is 15.0 Å². The maximum atomic E-state index is 13.1. The van der Waals surface area contributed by atoms with Gasteiger partial charge in [-0.2, -0.15) is 0 Å². The number of benzene rings is 1. The number of nitrogens with zero attached hydrogens (tertiary/aromatic N) is 6. The van der Waals surface area contributed by atoms with E-state index in [1.54, 1.807) is 25.0 Å². The highest BCUT2D eigenvalue weighted by atomic mass is 16.2. The van der Waals surface area contributed by atoms with Crippen LogP contribution in [0.15, 0.2) is 49.4 Å². The summed E-state index contributed by atoms with van der Waals surface area (Å²) in [5.74, 6) is 0.214. The summed E-state index contributed by atoms with van der Waals surface area (Å²) in [5, 5.41) is 0. The number of carbonyl (C=O) groups is 1. The van der Waals surface area contributed by atoms with Crippen LogP contribution < -0.4 is 0 Å². The Balaban J connectivity index is 1.38. The Morgan fingerprint density at radius 2 is 2.14 bits per heavy atom. The number of imidazole rings is 2. The highest BCUT2D eigenvalue weighted by molar-refractivity contribution is 5.97. The molecule has 1 atom stereocenters. The van der Waals surface area contributed by atoms with Gasteiger partial charge in [0, 0.05) is 37.8 Å². The lowest BCUT2D eigenvalue weighted by molar-refractivity contribution is 0.0706. The van der Waals surface area contributed by atoms with E-state index in [2.05, 4.69) is 19.9 Å². The molecular weight excluding hydrogens is 366 g/mol. The minimum Gasteiger partial charge on any atom is -0.345 e. The summed E-state index contributed by atoms with van der Waals surface area (Å²) in [7, 11) is 1.94. The van der Waals surface area contributed by atoms with Crippen LogP contribution in [0.1, 0.15) is 34.8 Å². The van der Waals surface area contributed by atoms with Gasteiger partial charge in [0.2, 0.25) is 0 Å². The summed E-state index contributed by atoms with van der Waals surface area (Å²) in [6.07, 6.45) is 10.7. The smallest absolute Gasteiger partial charge is 0.253 e. The first-order valence-electron chi connectivity index (χ1n) is 9.70. The Kier molecular flexibility index (Phi) is 4.31. The minimum absolute atomic E-state index is 0.0435. The average molecular weight is 387 g/mol. The van der Waals surface area contributed by atoms with Crippen LogP contribution >= 0.6 is 0 Å². The second-order valence-corrected chi connectivity index (χ2v) is 7.44. The van der Waals surface area contributed by atoms with Crippen molar-refractivity contribution in [1.82, 2.24) is 34.4 Å². The van der Waals surface area contributed by atoms with E-state index in [1.807, 2.05) is 40.9 Å². The molecule has 29 heavy (non-hydrogen) atoms. The molecule has 1 saturated heterocycles. The van der Waals surface area contributed by atoms with Gasteiger partial charge < -0.3 is 14.5 Å². The van der Waals surface area contributed by atoms with Gasteiger partial charge >= 0.3 is 0 Å². The molecule has 1 N–H and O–H groups in total. The zero-order chi connectivity index (χ0) is 19.8. The zero-order valence-electron chi connectivity index (χ0n) is 16.1. The van der Waals surface area contributed by atoms with Crippen molar-refractivity contribution in [2.75, 3.05) is 13.1 Å². The van der Waals surface area contributed by atoms with Crippen molar-refractivity contribution in [3.05, 3.63) is 60.7 Å². The third kappa shape index (κ3) is 3.26. The lowest BCUT2D eigenvalue weighted by Gasteiger charge is -2.32. The number of rotatable bonds is 3. The fourth-order valence-corrected chi connectivity index (χ4v) is 3.96. The molecule has 1 unspecified atom stereocenters. The molecule has 5 rings (SSSR count). The lowest BCUT2D eigenvalue weighted by Crippen LogP contribution is -2.39. The quantitative estimate of drug-likeness (QED) is 0.583. The number of aryl methyl sites for hydroxylation is 1. The van der Waals surface area contributed by atoms with Crippen LogP contribution in [0.3, 0.4) is 0 Å². The normalized spacial score (nSPS) is 17.0. The predicted molar refractivity (Wildman–Crippen MR) is 108 cm³/mol. The second kappa shape index (κ2) is 7.12. The summed E-state index contributed by atoms with van der Waals surface area (Å²) < 4.78 is 1.93. The highest BCUT2D eigenvalue weighted by Crippen LogP contribution is 2.28. The largest absolute Gasteiger partial charge is 0.345 e. The molecule has 4 heterocycles. The fourth-order valence-electron chi connectivity index (χ4n) is 3.96. The Labute approximate surface area is 167 Å². The Morgan fingerprint density at radius 3 is 3.00 bits per heavy atom. The standard InChI is InChI=1S/C21H21N7O/c1-27-13-23-10-20(27)19-9-22-8-18(26-19)15-3-2-6-28(11-15)21(29)14-4-5-16-17(7-14)25-12-24-16/h4-5,7-10,12-13,15H,2-3,6,11H2,1H3,(H,24,25). The van der Waals surface area contributed by atoms with Crippen LogP contribution in [0, 0.1) is 0 Å². The monoisotopic (exact) mass is 387 g/mol. The number of piperidine rings is 1. The molecule has 0 radical (unpaired) electrons. The molecule has 0 saturated carbocycles. The van der Waals surface area contributed by atoms with Crippen molar-refractivity contribution >= 4 is 16.9 Å². The lowest BCUT2D eigenvalue weighted by atomic mass is 9.94. The third-order valence-electron chi connectivity index (χ3n) is 5.53. The number of carbonyl (C=O) groups excluding carboxylic acids is 1. The van der Waals surface area contributed by atoms with E-state index in [9.17, 15) is 4.79 Å². The molecule has 8 nitrogen and oxygen atoms in total. The molecule has 1 fully saturated rings. The van der Waals surface area contributed by atoms with Gasteiger partial charge in [0.05, 0.1) is 47.5 Å². The molecule has 4 aromatic rings. The van der Waals surface area contributed by atoms with Crippen LogP contribution in [0.25, 0.3) is 22.4 Å². The molecule has 0 bridgehead atoms.